The van der Waals surface area contributed by atoms with Crippen LogP contribution < -0.4 is 5.32 Å². The molecule has 4 aromatic rings. The van der Waals surface area contributed by atoms with E-state index in [0.29, 0.717) is 5.76 Å². The molecule has 0 saturated carbocycles. The number of fused-ring (bicyclic) bond motifs is 3. The molecule has 0 aliphatic heterocycles. The summed E-state index contributed by atoms with van der Waals surface area (Å²) in [6.45, 7) is 6.15. The first-order valence-corrected chi connectivity index (χ1v) is 8.82. The van der Waals surface area contributed by atoms with Gasteiger partial charge in [-0.15, -0.1) is 0 Å². The minimum Gasteiger partial charge on any atom is -0.451 e. The Kier molecular flexibility index (Phi) is 4.00. The maximum atomic E-state index is 12.7. The summed E-state index contributed by atoms with van der Waals surface area (Å²) >= 11 is 0. The summed E-state index contributed by atoms with van der Waals surface area (Å²) in [6, 6.07) is 20.0. The van der Waals surface area contributed by atoms with Crippen LogP contribution in [0, 0.1) is 13.8 Å². The zero-order chi connectivity index (χ0) is 18.3. The number of nitrogens with one attached hydrogen (secondary N) is 1. The molecule has 1 N–H and O–H groups in total. The molecule has 0 spiro atoms. The average molecular weight is 343 g/mol. The van der Waals surface area contributed by atoms with E-state index in [9.17, 15) is 4.79 Å². The van der Waals surface area contributed by atoms with Crippen LogP contribution in [0.1, 0.15) is 40.2 Å². The van der Waals surface area contributed by atoms with E-state index in [4.69, 9.17) is 4.42 Å². The van der Waals surface area contributed by atoms with Crippen LogP contribution in [0.3, 0.4) is 0 Å². The highest BCUT2D eigenvalue weighted by Crippen LogP contribution is 2.28. The first kappa shape index (κ1) is 16.4. The van der Waals surface area contributed by atoms with Crippen molar-refractivity contribution in [2.24, 2.45) is 0 Å². The van der Waals surface area contributed by atoms with Gasteiger partial charge in [-0.1, -0.05) is 48.5 Å². The predicted octanol–water partition coefficient (Wildman–Crippen LogP) is 5.69. The van der Waals surface area contributed by atoms with Gasteiger partial charge in [0.25, 0.3) is 5.91 Å². The fourth-order valence-corrected chi connectivity index (χ4v) is 3.29. The largest absolute Gasteiger partial charge is 0.451 e. The van der Waals surface area contributed by atoms with Gasteiger partial charge in [0, 0.05) is 5.39 Å². The summed E-state index contributed by atoms with van der Waals surface area (Å²) in [4.78, 5) is 12.7. The molecule has 26 heavy (non-hydrogen) atoms. The van der Waals surface area contributed by atoms with Gasteiger partial charge in [0.05, 0.1) is 6.04 Å². The van der Waals surface area contributed by atoms with Crippen molar-refractivity contribution < 1.29 is 9.21 Å². The molecule has 1 atom stereocenters. The summed E-state index contributed by atoms with van der Waals surface area (Å²) in [7, 11) is 0. The number of carbonyl (C=O) groups is 1. The number of amides is 1. The SMILES string of the molecule is Cc1ccc([C@H](C)NC(=O)c2cc3c(ccc4ccccc43)o2)cc1C. The Hall–Kier alpha value is -3.07. The van der Waals surface area contributed by atoms with Crippen LogP contribution in [0.5, 0.6) is 0 Å². The molecule has 3 aromatic carbocycles. The normalized spacial score (nSPS) is 12.4. The number of carbonyl (C=O) groups excluding carboxylic acids is 1. The van der Waals surface area contributed by atoms with Crippen molar-refractivity contribution in [3.05, 3.63) is 83.1 Å². The van der Waals surface area contributed by atoms with Crippen molar-refractivity contribution in [3.8, 4) is 0 Å². The molecule has 0 aliphatic carbocycles. The molecule has 1 aromatic heterocycles. The molecule has 4 rings (SSSR count). The lowest BCUT2D eigenvalue weighted by atomic mass is 10.0. The average Bonchev–Trinajstić information content (AvgIpc) is 3.09. The van der Waals surface area contributed by atoms with Crippen molar-refractivity contribution in [1.82, 2.24) is 5.32 Å². The Morgan fingerprint density at radius 3 is 2.54 bits per heavy atom. The highest BCUT2D eigenvalue weighted by atomic mass is 16.3. The third kappa shape index (κ3) is 2.86. The number of benzene rings is 3. The van der Waals surface area contributed by atoms with E-state index < -0.39 is 0 Å². The van der Waals surface area contributed by atoms with Crippen LogP contribution in [0.2, 0.25) is 0 Å². The molecule has 1 heterocycles. The van der Waals surface area contributed by atoms with Crippen molar-refractivity contribution in [2.75, 3.05) is 0 Å². The minimum absolute atomic E-state index is 0.0910. The van der Waals surface area contributed by atoms with Gasteiger partial charge in [-0.3, -0.25) is 4.79 Å². The van der Waals surface area contributed by atoms with Gasteiger partial charge >= 0.3 is 0 Å². The highest BCUT2D eigenvalue weighted by molar-refractivity contribution is 6.08. The van der Waals surface area contributed by atoms with Crippen LogP contribution in [0.4, 0.5) is 0 Å². The Bertz CT molecular complexity index is 1120. The standard InChI is InChI=1S/C23H21NO2/c1-14-8-9-18(12-15(14)2)16(3)24-23(25)22-13-20-19-7-5-4-6-17(19)10-11-21(20)26-22/h4-13,16H,1-3H3,(H,24,25)/t16-/m0/s1. The Morgan fingerprint density at radius 1 is 0.923 bits per heavy atom. The second-order valence-corrected chi connectivity index (χ2v) is 6.85. The first-order chi connectivity index (χ1) is 12.5. The number of aryl methyl sites for hydroxylation is 2. The molecule has 3 nitrogen and oxygen atoms in total. The molecule has 0 saturated heterocycles. The first-order valence-electron chi connectivity index (χ1n) is 8.82. The van der Waals surface area contributed by atoms with Gasteiger partial charge < -0.3 is 9.73 Å². The summed E-state index contributed by atoms with van der Waals surface area (Å²) < 4.78 is 5.81. The third-order valence-corrected chi connectivity index (χ3v) is 5.03. The van der Waals surface area contributed by atoms with Gasteiger partial charge in [0.1, 0.15) is 5.58 Å². The van der Waals surface area contributed by atoms with Gasteiger partial charge in [-0.25, -0.2) is 0 Å². The van der Waals surface area contributed by atoms with Crippen molar-refractivity contribution >= 4 is 27.6 Å². The molecule has 0 bridgehead atoms. The Balaban J connectivity index is 1.63. The van der Waals surface area contributed by atoms with Gasteiger partial charge in [-0.2, -0.15) is 0 Å². The number of hydrogen-bond acceptors (Lipinski definition) is 2. The number of hydrogen-bond donors (Lipinski definition) is 1. The third-order valence-electron chi connectivity index (χ3n) is 5.03. The van der Waals surface area contributed by atoms with E-state index >= 15 is 0 Å². The zero-order valence-corrected chi connectivity index (χ0v) is 15.2. The molecule has 130 valence electrons. The van der Waals surface area contributed by atoms with Crippen LogP contribution in [-0.4, -0.2) is 5.91 Å². The van der Waals surface area contributed by atoms with Crippen LogP contribution in [0.25, 0.3) is 21.7 Å². The molecule has 0 unspecified atom stereocenters. The molecule has 1 amide bonds. The zero-order valence-electron chi connectivity index (χ0n) is 15.2. The number of furan rings is 1. The Morgan fingerprint density at radius 2 is 1.73 bits per heavy atom. The molecule has 3 heteroatoms. The van der Waals surface area contributed by atoms with Crippen molar-refractivity contribution in [2.45, 2.75) is 26.8 Å². The maximum Gasteiger partial charge on any atom is 0.287 e. The second kappa shape index (κ2) is 6.34. The van der Waals surface area contributed by atoms with E-state index in [2.05, 4.69) is 43.4 Å². The quantitative estimate of drug-likeness (QED) is 0.519. The van der Waals surface area contributed by atoms with E-state index in [1.54, 1.807) is 0 Å². The lowest BCUT2D eigenvalue weighted by Crippen LogP contribution is -2.26. The predicted molar refractivity (Wildman–Crippen MR) is 106 cm³/mol. The molecular formula is C23H21NO2. The molecule has 0 radical (unpaired) electrons. The molecule has 0 fully saturated rings. The van der Waals surface area contributed by atoms with Crippen molar-refractivity contribution in [3.63, 3.8) is 0 Å². The summed E-state index contributed by atoms with van der Waals surface area (Å²) in [5, 5.41) is 6.23. The maximum absolute atomic E-state index is 12.7. The lowest BCUT2D eigenvalue weighted by molar-refractivity contribution is 0.0914. The van der Waals surface area contributed by atoms with E-state index in [1.807, 2.05) is 43.3 Å². The van der Waals surface area contributed by atoms with Crippen LogP contribution in [0.15, 0.2) is 65.1 Å². The topological polar surface area (TPSA) is 42.2 Å². The van der Waals surface area contributed by atoms with Crippen LogP contribution in [-0.2, 0) is 0 Å². The summed E-state index contributed by atoms with van der Waals surface area (Å²) in [5.41, 5.74) is 4.28. The fraction of sp³-hybridized carbons (Fsp3) is 0.174. The smallest absolute Gasteiger partial charge is 0.287 e. The molecule has 0 aliphatic rings. The van der Waals surface area contributed by atoms with E-state index in [1.165, 1.54) is 11.1 Å². The lowest BCUT2D eigenvalue weighted by Gasteiger charge is -2.14. The summed E-state index contributed by atoms with van der Waals surface area (Å²) in [6.07, 6.45) is 0. The van der Waals surface area contributed by atoms with Gasteiger partial charge in [0.2, 0.25) is 0 Å². The van der Waals surface area contributed by atoms with Gasteiger partial charge in [-0.05, 0) is 60.4 Å². The van der Waals surface area contributed by atoms with Crippen LogP contribution >= 0.6 is 0 Å². The highest BCUT2D eigenvalue weighted by Gasteiger charge is 2.17. The van der Waals surface area contributed by atoms with Crippen molar-refractivity contribution in [1.29, 1.82) is 0 Å². The second-order valence-electron chi connectivity index (χ2n) is 6.85. The minimum atomic E-state index is -0.198. The number of rotatable bonds is 3. The van der Waals surface area contributed by atoms with E-state index in [-0.39, 0.29) is 11.9 Å². The summed E-state index contributed by atoms with van der Waals surface area (Å²) in [5.74, 6) is 0.142. The molecular weight excluding hydrogens is 322 g/mol. The Labute approximate surface area is 152 Å². The fourth-order valence-electron chi connectivity index (χ4n) is 3.29. The monoisotopic (exact) mass is 343 g/mol. The van der Waals surface area contributed by atoms with E-state index in [0.717, 1.165) is 27.3 Å². The van der Waals surface area contributed by atoms with Gasteiger partial charge in [0.15, 0.2) is 5.76 Å².